The lowest BCUT2D eigenvalue weighted by atomic mass is 10.0. The monoisotopic (exact) mass is 308 g/mol. The molecule has 0 saturated heterocycles. The summed E-state index contributed by atoms with van der Waals surface area (Å²) in [5, 5.41) is 8.10. The molecule has 0 saturated carbocycles. The van der Waals surface area contributed by atoms with E-state index in [-0.39, 0.29) is 17.2 Å². The van der Waals surface area contributed by atoms with Gasteiger partial charge in [-0.15, -0.1) is 5.10 Å². The van der Waals surface area contributed by atoms with E-state index in [1.807, 2.05) is 13.8 Å². The van der Waals surface area contributed by atoms with Gasteiger partial charge in [0.15, 0.2) is 0 Å². The SMILES string of the molecule is CCC1(C)CC(SCc2nc(C(F)(F)F)nn2C)=NO1. The fraction of sp³-hybridized carbons (Fsp3) is 0.727. The van der Waals surface area contributed by atoms with Gasteiger partial charge in [0.2, 0.25) is 0 Å². The minimum absolute atomic E-state index is 0.259. The van der Waals surface area contributed by atoms with Crippen molar-refractivity contribution in [3.05, 3.63) is 11.6 Å². The average molecular weight is 308 g/mol. The first-order chi connectivity index (χ1) is 9.23. The first kappa shape index (κ1) is 15.1. The van der Waals surface area contributed by atoms with Crippen LogP contribution in [-0.4, -0.2) is 25.4 Å². The minimum atomic E-state index is -4.52. The summed E-state index contributed by atoms with van der Waals surface area (Å²) in [6.45, 7) is 3.95. The summed E-state index contributed by atoms with van der Waals surface area (Å²) in [4.78, 5) is 8.83. The van der Waals surface area contributed by atoms with Crippen molar-refractivity contribution in [3.8, 4) is 0 Å². The number of oxime groups is 1. The summed E-state index contributed by atoms with van der Waals surface area (Å²) in [5.74, 6) is -0.574. The van der Waals surface area contributed by atoms with E-state index in [4.69, 9.17) is 4.84 Å². The summed E-state index contributed by atoms with van der Waals surface area (Å²) in [5.41, 5.74) is -0.306. The molecular formula is C11H15F3N4OS. The Morgan fingerprint density at radius 1 is 1.45 bits per heavy atom. The molecule has 0 bridgehead atoms. The van der Waals surface area contributed by atoms with Crippen molar-refractivity contribution in [2.24, 2.45) is 12.2 Å². The lowest BCUT2D eigenvalue weighted by Gasteiger charge is -2.17. The molecule has 20 heavy (non-hydrogen) atoms. The molecule has 0 aromatic carbocycles. The number of alkyl halides is 3. The molecule has 0 amide bonds. The van der Waals surface area contributed by atoms with Crippen LogP contribution in [0.4, 0.5) is 13.2 Å². The van der Waals surface area contributed by atoms with E-state index in [9.17, 15) is 13.2 Å². The number of halogens is 3. The molecule has 9 heteroatoms. The molecule has 112 valence electrons. The first-order valence-electron chi connectivity index (χ1n) is 6.08. The molecule has 0 radical (unpaired) electrons. The second-order valence-electron chi connectivity index (χ2n) is 4.82. The summed E-state index contributed by atoms with van der Waals surface area (Å²) < 4.78 is 38.6. The zero-order valence-corrected chi connectivity index (χ0v) is 12.2. The molecule has 1 aromatic heterocycles. The molecule has 5 nitrogen and oxygen atoms in total. The van der Waals surface area contributed by atoms with E-state index in [0.717, 1.165) is 16.1 Å². The van der Waals surface area contributed by atoms with Gasteiger partial charge in [0.25, 0.3) is 5.82 Å². The Bertz CT molecular complexity index is 528. The van der Waals surface area contributed by atoms with Crippen molar-refractivity contribution < 1.29 is 18.0 Å². The van der Waals surface area contributed by atoms with Gasteiger partial charge in [-0.05, 0) is 13.3 Å². The molecule has 2 heterocycles. The van der Waals surface area contributed by atoms with Gasteiger partial charge in [-0.1, -0.05) is 23.8 Å². The molecule has 0 aliphatic carbocycles. The maximum Gasteiger partial charge on any atom is 0.453 e. The number of aryl methyl sites for hydroxylation is 1. The molecule has 0 fully saturated rings. The number of hydrogen-bond acceptors (Lipinski definition) is 5. The Balaban J connectivity index is 1.97. The van der Waals surface area contributed by atoms with Gasteiger partial charge in [-0.3, -0.25) is 4.68 Å². The summed E-state index contributed by atoms with van der Waals surface area (Å²) in [6, 6.07) is 0. The van der Waals surface area contributed by atoms with E-state index in [1.165, 1.54) is 18.8 Å². The van der Waals surface area contributed by atoms with Crippen molar-refractivity contribution in [2.45, 2.75) is 44.2 Å². The zero-order chi connectivity index (χ0) is 15.0. The van der Waals surface area contributed by atoms with Gasteiger partial charge < -0.3 is 4.84 Å². The maximum atomic E-state index is 12.5. The summed E-state index contributed by atoms with van der Waals surface area (Å²) in [6.07, 6.45) is -3.03. The fourth-order valence-electron chi connectivity index (χ4n) is 1.62. The van der Waals surface area contributed by atoms with Crippen molar-refractivity contribution >= 4 is 16.8 Å². The minimum Gasteiger partial charge on any atom is -0.388 e. The van der Waals surface area contributed by atoms with Crippen LogP contribution in [0.2, 0.25) is 0 Å². The van der Waals surface area contributed by atoms with Crippen molar-refractivity contribution in [2.75, 3.05) is 0 Å². The maximum absolute atomic E-state index is 12.5. The highest BCUT2D eigenvalue weighted by atomic mass is 32.2. The number of aromatic nitrogens is 3. The van der Waals surface area contributed by atoms with E-state index in [0.29, 0.717) is 6.42 Å². The Morgan fingerprint density at radius 2 is 2.15 bits per heavy atom. The van der Waals surface area contributed by atoms with Gasteiger partial charge >= 0.3 is 6.18 Å². The quantitative estimate of drug-likeness (QED) is 0.861. The predicted molar refractivity (Wildman–Crippen MR) is 69.1 cm³/mol. The van der Waals surface area contributed by atoms with Crippen molar-refractivity contribution in [1.82, 2.24) is 14.8 Å². The van der Waals surface area contributed by atoms with Gasteiger partial charge in [-0.2, -0.15) is 13.2 Å². The molecule has 1 aliphatic heterocycles. The van der Waals surface area contributed by atoms with Gasteiger partial charge in [-0.25, -0.2) is 4.98 Å². The second kappa shape index (κ2) is 5.27. The second-order valence-corrected chi connectivity index (χ2v) is 5.87. The highest BCUT2D eigenvalue weighted by molar-refractivity contribution is 8.13. The highest BCUT2D eigenvalue weighted by Gasteiger charge is 2.37. The number of thioether (sulfide) groups is 1. The van der Waals surface area contributed by atoms with Crippen LogP contribution in [0.25, 0.3) is 0 Å². The third-order valence-corrected chi connectivity index (χ3v) is 4.07. The normalized spacial score (nSPS) is 22.8. The lowest BCUT2D eigenvalue weighted by molar-refractivity contribution is -0.145. The van der Waals surface area contributed by atoms with Gasteiger partial charge in [0.05, 0.1) is 5.75 Å². The predicted octanol–water partition coefficient (Wildman–Crippen LogP) is 2.97. The Kier molecular flexibility index (Phi) is 3.99. The molecule has 1 atom stereocenters. The van der Waals surface area contributed by atoms with Crippen LogP contribution >= 0.6 is 11.8 Å². The van der Waals surface area contributed by atoms with Crippen LogP contribution in [0.1, 0.15) is 38.3 Å². The Morgan fingerprint density at radius 3 is 2.65 bits per heavy atom. The summed E-state index contributed by atoms with van der Waals surface area (Å²) >= 11 is 1.33. The van der Waals surface area contributed by atoms with Crippen molar-refractivity contribution in [3.63, 3.8) is 0 Å². The van der Waals surface area contributed by atoms with Crippen LogP contribution in [0, 0.1) is 0 Å². The molecule has 1 unspecified atom stereocenters. The molecular weight excluding hydrogens is 293 g/mol. The van der Waals surface area contributed by atoms with Crippen LogP contribution in [0.5, 0.6) is 0 Å². The topological polar surface area (TPSA) is 52.3 Å². The van der Waals surface area contributed by atoms with Crippen LogP contribution in [-0.2, 0) is 23.8 Å². The van der Waals surface area contributed by atoms with E-state index >= 15 is 0 Å². The molecule has 2 rings (SSSR count). The van der Waals surface area contributed by atoms with E-state index in [1.54, 1.807) is 0 Å². The lowest BCUT2D eigenvalue weighted by Crippen LogP contribution is -2.22. The standard InChI is InChI=1S/C11H15F3N4OS/c1-4-10(2)5-8(17-19-10)20-6-7-15-9(11(12,13)14)16-18(7)3/h4-6H2,1-3H3. The van der Waals surface area contributed by atoms with Crippen LogP contribution in [0.15, 0.2) is 5.16 Å². The summed E-state index contributed by atoms with van der Waals surface area (Å²) in [7, 11) is 1.45. The first-order valence-corrected chi connectivity index (χ1v) is 7.07. The van der Waals surface area contributed by atoms with Gasteiger partial charge in [0, 0.05) is 13.5 Å². The smallest absolute Gasteiger partial charge is 0.388 e. The average Bonchev–Trinajstić information content (AvgIpc) is 2.91. The Labute approximate surface area is 118 Å². The molecule has 1 aromatic rings. The van der Waals surface area contributed by atoms with Crippen molar-refractivity contribution in [1.29, 1.82) is 0 Å². The zero-order valence-electron chi connectivity index (χ0n) is 11.4. The Hall–Kier alpha value is -1.25. The highest BCUT2D eigenvalue weighted by Crippen LogP contribution is 2.32. The number of nitrogens with zero attached hydrogens (tertiary/aromatic N) is 4. The number of hydrogen-bond donors (Lipinski definition) is 0. The number of rotatable bonds is 3. The van der Waals surface area contributed by atoms with Gasteiger partial charge in [0.1, 0.15) is 16.5 Å². The third-order valence-electron chi connectivity index (χ3n) is 3.12. The molecule has 0 N–H and O–H groups in total. The molecule has 1 aliphatic rings. The molecule has 0 spiro atoms. The van der Waals surface area contributed by atoms with Crippen LogP contribution < -0.4 is 0 Å². The largest absolute Gasteiger partial charge is 0.453 e. The van der Waals surface area contributed by atoms with Crippen LogP contribution in [0.3, 0.4) is 0 Å². The fourth-order valence-corrected chi connectivity index (χ4v) is 2.67. The third kappa shape index (κ3) is 3.25. The van der Waals surface area contributed by atoms with E-state index in [2.05, 4.69) is 15.2 Å². The van der Waals surface area contributed by atoms with E-state index < -0.39 is 12.0 Å².